The van der Waals surface area contributed by atoms with E-state index in [9.17, 15) is 9.90 Å². The van der Waals surface area contributed by atoms with Gasteiger partial charge in [0.15, 0.2) is 0 Å². The first-order valence-corrected chi connectivity index (χ1v) is 22.2. The maximum absolute atomic E-state index is 13.7. The monoisotopic (exact) mass is 770 g/mol. The molecule has 1 aliphatic rings. The van der Waals surface area contributed by atoms with Gasteiger partial charge in [-0.3, -0.25) is 4.79 Å². The van der Waals surface area contributed by atoms with Crippen LogP contribution in [0.4, 0.5) is 0 Å². The second kappa shape index (κ2) is 16.7. The van der Waals surface area contributed by atoms with Crippen LogP contribution >= 0.6 is 34.0 Å². The molecule has 1 aliphatic heterocycles. The molecule has 53 heavy (non-hydrogen) atoms. The minimum Gasteiger partial charge on any atom is -0.494 e. The third kappa shape index (κ3) is 8.91. The van der Waals surface area contributed by atoms with Crippen molar-refractivity contribution in [1.82, 2.24) is 4.57 Å². The van der Waals surface area contributed by atoms with E-state index < -0.39 is 11.1 Å². The highest BCUT2D eigenvalue weighted by atomic mass is 32.1. The van der Waals surface area contributed by atoms with Crippen molar-refractivity contribution in [3.8, 4) is 26.1 Å². The fourth-order valence-electron chi connectivity index (χ4n) is 7.51. The summed E-state index contributed by atoms with van der Waals surface area (Å²) < 4.78 is 2.14. The quantitative estimate of drug-likeness (QED) is 0.0727. The summed E-state index contributed by atoms with van der Waals surface area (Å²) >= 11 is 4.94. The maximum Gasteiger partial charge on any atom is 0.279 e. The van der Waals surface area contributed by atoms with E-state index in [0.717, 1.165) is 70.3 Å². The Balaban J connectivity index is 1.44. The summed E-state index contributed by atoms with van der Waals surface area (Å²) in [4.78, 5) is 24.6. The van der Waals surface area contributed by atoms with E-state index in [0.29, 0.717) is 16.8 Å². The summed E-state index contributed by atoms with van der Waals surface area (Å²) in [6, 6.07) is 16.7. The second-order valence-electron chi connectivity index (χ2n) is 16.2. The molecule has 284 valence electrons. The van der Waals surface area contributed by atoms with Crippen LogP contribution in [0.15, 0.2) is 53.5 Å². The van der Waals surface area contributed by atoms with Crippen LogP contribution in [0.1, 0.15) is 133 Å². The summed E-state index contributed by atoms with van der Waals surface area (Å²) in [6.07, 6.45) is 14.9. The minimum atomic E-state index is -0.491. The van der Waals surface area contributed by atoms with Gasteiger partial charge in [-0.2, -0.15) is 0 Å². The summed E-state index contributed by atoms with van der Waals surface area (Å²) in [5, 5.41) is 14.6. The van der Waals surface area contributed by atoms with Gasteiger partial charge in [0.2, 0.25) is 5.88 Å². The maximum atomic E-state index is 13.7. The van der Waals surface area contributed by atoms with E-state index in [1.807, 2.05) is 39.8 Å². The van der Waals surface area contributed by atoms with Gasteiger partial charge >= 0.3 is 0 Å². The van der Waals surface area contributed by atoms with Crippen molar-refractivity contribution >= 4 is 56.4 Å². The Kier molecular flexibility index (Phi) is 12.5. The number of unbranched alkanes of at least 4 members (excludes halogenated alkanes) is 8. The van der Waals surface area contributed by atoms with Crippen LogP contribution in [0.3, 0.4) is 0 Å². The largest absolute Gasteiger partial charge is 0.494 e. The standard InChI is InChI=1S/C44H58N4O2S3/c1-7-9-11-13-14-16-18-28(17-15-12-10-8-2)27-48-32-26-29-31(25-30(32)40(42(48)50)36-22-24-38(53-36)44(5,6)46)47-41(49)39(29)35-20-19-33(51-35)34-21-23-37(52-34)43(3,4)45/h19-26,28,50H,7-18,27,45-46H2,1-6H3. The fourth-order valence-corrected chi connectivity index (χ4v) is 10.8. The zero-order chi connectivity index (χ0) is 37.9. The molecule has 1 amide bonds. The lowest BCUT2D eigenvalue weighted by Gasteiger charge is -2.19. The summed E-state index contributed by atoms with van der Waals surface area (Å²) in [5.41, 5.74) is 14.4. The number of nitrogens with two attached hydrogens (primary N) is 2. The summed E-state index contributed by atoms with van der Waals surface area (Å²) in [5.74, 6) is 0.524. The molecule has 1 atom stereocenters. The number of hydrogen-bond donors (Lipinski definition) is 3. The van der Waals surface area contributed by atoms with Crippen molar-refractivity contribution in [2.75, 3.05) is 0 Å². The van der Waals surface area contributed by atoms with Crippen molar-refractivity contribution < 1.29 is 9.90 Å². The van der Waals surface area contributed by atoms with Gasteiger partial charge in [-0.05, 0) is 95.0 Å². The molecule has 0 saturated heterocycles. The third-order valence-electron chi connectivity index (χ3n) is 10.6. The van der Waals surface area contributed by atoms with Gasteiger partial charge in [0.1, 0.15) is 0 Å². The number of amides is 1. The van der Waals surface area contributed by atoms with E-state index >= 15 is 0 Å². The number of carbonyl (C=O) groups excluding carboxylic acids is 1. The summed E-state index contributed by atoms with van der Waals surface area (Å²) in [6.45, 7) is 13.3. The molecule has 5 heterocycles. The molecule has 9 heteroatoms. The second-order valence-corrected chi connectivity index (χ2v) is 19.4. The number of rotatable bonds is 19. The molecule has 0 bridgehead atoms. The number of nitrogens with zero attached hydrogens (tertiary/aromatic N) is 2. The van der Waals surface area contributed by atoms with Crippen LogP contribution in [-0.4, -0.2) is 15.6 Å². The van der Waals surface area contributed by atoms with Gasteiger partial charge < -0.3 is 21.1 Å². The molecule has 0 fully saturated rings. The molecular formula is C44H58N4O2S3. The molecule has 5 aromatic rings. The Labute approximate surface area is 327 Å². The number of benzene rings is 1. The van der Waals surface area contributed by atoms with Crippen molar-refractivity contribution in [3.05, 3.63) is 73.7 Å². The number of thiophene rings is 3. The average Bonchev–Trinajstić information content (AvgIpc) is 3.93. The van der Waals surface area contributed by atoms with Crippen molar-refractivity contribution in [3.63, 3.8) is 0 Å². The van der Waals surface area contributed by atoms with Crippen LogP contribution < -0.4 is 22.0 Å². The normalized spacial score (nSPS) is 14.0. The average molecular weight is 771 g/mol. The zero-order valence-electron chi connectivity index (χ0n) is 32.5. The van der Waals surface area contributed by atoms with Gasteiger partial charge in [0.25, 0.3) is 5.91 Å². The Morgan fingerprint density at radius 1 is 0.717 bits per heavy atom. The van der Waals surface area contributed by atoms with Crippen molar-refractivity contribution in [2.45, 2.75) is 136 Å². The highest BCUT2D eigenvalue weighted by Gasteiger charge is 2.28. The first-order chi connectivity index (χ1) is 25.3. The van der Waals surface area contributed by atoms with Gasteiger partial charge in [-0.1, -0.05) is 78.1 Å². The lowest BCUT2D eigenvalue weighted by Crippen LogP contribution is -2.27. The highest BCUT2D eigenvalue weighted by molar-refractivity contribution is 7.22. The van der Waals surface area contributed by atoms with Crippen LogP contribution in [0.5, 0.6) is 5.88 Å². The van der Waals surface area contributed by atoms with Gasteiger partial charge in [0.05, 0.1) is 22.0 Å². The third-order valence-corrected chi connectivity index (χ3v) is 14.7. The lowest BCUT2D eigenvalue weighted by molar-refractivity contribution is -0.112. The van der Waals surface area contributed by atoms with E-state index in [1.165, 1.54) is 64.2 Å². The van der Waals surface area contributed by atoms with Gasteiger partial charge in [0, 0.05) is 57.5 Å². The molecule has 0 spiro atoms. The Bertz CT molecular complexity index is 2170. The molecule has 0 saturated carbocycles. The van der Waals surface area contributed by atoms with E-state index in [2.05, 4.69) is 59.8 Å². The lowest BCUT2D eigenvalue weighted by atomic mass is 9.94. The Hall–Kier alpha value is -3.08. The SMILES string of the molecule is CCCCCCCCC(CCCCCC)Cn1c(O)c(-c2ccc(C(C)(C)N)s2)c2cc3c(cc21)=C(c1ccc(-c2ccc(C(C)(C)N)s2)s1)C(=O)N=3. The molecule has 6 nitrogen and oxygen atoms in total. The van der Waals surface area contributed by atoms with Crippen molar-refractivity contribution in [2.24, 2.45) is 22.4 Å². The number of aromatic hydroxyl groups is 1. The topological polar surface area (TPSA) is 107 Å². The molecule has 5 N–H and O–H groups in total. The van der Waals surface area contributed by atoms with Crippen LogP contribution in [0, 0.1) is 5.92 Å². The van der Waals surface area contributed by atoms with E-state index in [4.69, 9.17) is 11.5 Å². The van der Waals surface area contributed by atoms with E-state index in [1.54, 1.807) is 34.0 Å². The fraction of sp³-hybridized carbons (Fsp3) is 0.500. The van der Waals surface area contributed by atoms with Crippen LogP contribution in [0.2, 0.25) is 0 Å². The number of carbonyl (C=O) groups is 1. The smallest absolute Gasteiger partial charge is 0.279 e. The Morgan fingerprint density at radius 3 is 1.87 bits per heavy atom. The van der Waals surface area contributed by atoms with Crippen molar-refractivity contribution in [1.29, 1.82) is 0 Å². The molecule has 6 rings (SSSR count). The van der Waals surface area contributed by atoms with Gasteiger partial charge in [-0.15, -0.1) is 34.0 Å². The van der Waals surface area contributed by atoms with E-state index in [-0.39, 0.29) is 11.8 Å². The minimum absolute atomic E-state index is 0.214. The molecule has 4 aromatic heterocycles. The molecule has 0 radical (unpaired) electrons. The molecule has 1 aromatic carbocycles. The first-order valence-electron chi connectivity index (χ1n) is 19.7. The van der Waals surface area contributed by atoms with Crippen LogP contribution in [-0.2, 0) is 22.4 Å². The highest BCUT2D eigenvalue weighted by Crippen LogP contribution is 2.44. The number of fused-ring (bicyclic) bond motifs is 2. The molecular weight excluding hydrogens is 713 g/mol. The van der Waals surface area contributed by atoms with Crippen LogP contribution in [0.25, 0.3) is 36.7 Å². The zero-order valence-corrected chi connectivity index (χ0v) is 35.0. The number of aromatic nitrogens is 1. The number of hydrogen-bond acceptors (Lipinski definition) is 7. The predicted molar refractivity (Wildman–Crippen MR) is 228 cm³/mol. The first kappa shape index (κ1) is 39.6. The summed E-state index contributed by atoms with van der Waals surface area (Å²) in [7, 11) is 0. The molecule has 1 unspecified atom stereocenters. The predicted octanol–water partition coefficient (Wildman–Crippen LogP) is 10.9. The Morgan fingerprint density at radius 2 is 1.25 bits per heavy atom. The van der Waals surface area contributed by atoms with Gasteiger partial charge in [-0.25, -0.2) is 4.99 Å². The molecule has 0 aliphatic carbocycles.